The molecule has 2 aromatic heterocycles. The van der Waals surface area contributed by atoms with E-state index in [2.05, 4.69) is 36.7 Å². The summed E-state index contributed by atoms with van der Waals surface area (Å²) in [7, 11) is 3.17. The van der Waals surface area contributed by atoms with Crippen LogP contribution in [-0.4, -0.2) is 129 Å². The van der Waals surface area contributed by atoms with Crippen molar-refractivity contribution < 1.29 is 52.7 Å². The van der Waals surface area contributed by atoms with E-state index in [0.717, 1.165) is 78.6 Å². The van der Waals surface area contributed by atoms with Gasteiger partial charge in [0, 0.05) is 57.3 Å². The molecule has 8 rings (SSSR count). The molecule has 3 aliphatic rings. The number of likely N-dealkylation sites (tertiary alicyclic amines) is 1. The summed E-state index contributed by atoms with van der Waals surface area (Å²) in [5.74, 6) is -3.26. The molecule has 7 N–H and O–H groups in total. The van der Waals surface area contributed by atoms with Gasteiger partial charge in [-0.3, -0.25) is 33.6 Å². The summed E-state index contributed by atoms with van der Waals surface area (Å²) >= 11 is 1.51. The standard InChI is InChI=1S/C60H74FN9O10S/c1-35-51(81-34-64-35)38-17-15-37(16-18-38)45(66-55(76)47-30-41(71)33-70(47)57(78)52(59(2,3)4)67-58(79)60(61)24-25-60)32-50(73)62-26-12-10-8-7-9-11-13-27-63-53(74)40-19-14-36-21-23-44(43(36)28-40)65-54(75)46-31-49(80-68-46)39-20-22-42(48(72)29-39)56(77)69(5)6/h14-20,22,28-29,31,34,41,44-45,47,52,71-72H,7-13,21,23-27,30,32-33H2,1-6H3,(H,62,73)(H,63,74)(H,65,75)(H,66,76)(H,67,79)/t41-,44-,45+,47+,52-/m1/s1. The number of nitrogens with zero attached hydrogens (tertiary/aromatic N) is 4. The number of amides is 7. The topological polar surface area (TPSA) is 266 Å². The molecule has 3 aromatic carbocycles. The fourth-order valence-corrected chi connectivity index (χ4v) is 11.2. The van der Waals surface area contributed by atoms with Crippen molar-refractivity contribution in [3.63, 3.8) is 0 Å². The third kappa shape index (κ3) is 14.9. The fraction of sp³-hybridized carbons (Fsp3) is 0.483. The summed E-state index contributed by atoms with van der Waals surface area (Å²) < 4.78 is 20.2. The van der Waals surface area contributed by atoms with Crippen LogP contribution in [0.25, 0.3) is 21.8 Å². The van der Waals surface area contributed by atoms with Crippen LogP contribution in [0.15, 0.2) is 76.8 Å². The fourth-order valence-electron chi connectivity index (χ4n) is 10.4. The van der Waals surface area contributed by atoms with Crippen molar-refractivity contribution in [1.82, 2.24) is 46.5 Å². The van der Waals surface area contributed by atoms with Gasteiger partial charge in [0.1, 0.15) is 17.8 Å². The summed E-state index contributed by atoms with van der Waals surface area (Å²) in [4.78, 5) is 101. The predicted octanol–water partition coefficient (Wildman–Crippen LogP) is 7.42. The van der Waals surface area contributed by atoms with Crippen molar-refractivity contribution in [3.8, 4) is 27.5 Å². The molecule has 0 spiro atoms. The average molecular weight is 1130 g/mol. The van der Waals surface area contributed by atoms with Crippen LogP contribution in [0.1, 0.15) is 163 Å². The Morgan fingerprint density at radius 1 is 0.864 bits per heavy atom. The van der Waals surface area contributed by atoms with Gasteiger partial charge < -0.3 is 51.1 Å². The first-order valence-electron chi connectivity index (χ1n) is 27.9. The zero-order chi connectivity index (χ0) is 58.2. The van der Waals surface area contributed by atoms with E-state index in [4.69, 9.17) is 4.52 Å². The third-order valence-electron chi connectivity index (χ3n) is 15.3. The minimum Gasteiger partial charge on any atom is -0.507 e. The van der Waals surface area contributed by atoms with Crippen molar-refractivity contribution in [2.75, 3.05) is 33.7 Å². The number of unbranched alkanes of at least 4 members (excludes halogenated alkanes) is 6. The van der Waals surface area contributed by atoms with Crippen molar-refractivity contribution >= 4 is 52.7 Å². The highest BCUT2D eigenvalue weighted by atomic mass is 32.1. The first-order chi connectivity index (χ1) is 38.6. The Kier molecular flexibility index (Phi) is 19.1. The number of aromatic hydroxyl groups is 1. The van der Waals surface area contributed by atoms with Gasteiger partial charge in [-0.25, -0.2) is 9.37 Å². The number of alkyl halides is 1. The molecule has 5 atom stereocenters. The summed E-state index contributed by atoms with van der Waals surface area (Å²) in [6.07, 6.45) is 6.72. The first-order valence-corrected chi connectivity index (χ1v) is 28.8. The zero-order valence-electron chi connectivity index (χ0n) is 46.9. The van der Waals surface area contributed by atoms with Gasteiger partial charge in [-0.2, -0.15) is 0 Å². The van der Waals surface area contributed by atoms with Crippen LogP contribution in [-0.2, 0) is 25.6 Å². The molecule has 2 fully saturated rings. The van der Waals surface area contributed by atoms with E-state index in [-0.39, 0.29) is 78.8 Å². The van der Waals surface area contributed by atoms with Gasteiger partial charge in [0.25, 0.3) is 23.6 Å². The number of hydrogen-bond acceptors (Lipinski definition) is 13. The number of carbonyl (C=O) groups is 7. The minimum atomic E-state index is -2.01. The van der Waals surface area contributed by atoms with E-state index in [9.17, 15) is 48.2 Å². The van der Waals surface area contributed by atoms with Gasteiger partial charge >= 0.3 is 0 Å². The maximum atomic E-state index is 14.8. The molecule has 1 aliphatic heterocycles. The lowest BCUT2D eigenvalue weighted by atomic mass is 9.85. The summed E-state index contributed by atoms with van der Waals surface area (Å²) in [5, 5.41) is 39.8. The van der Waals surface area contributed by atoms with Crippen molar-refractivity contribution in [1.29, 1.82) is 0 Å². The molecular formula is C60H74FN9O10S. The number of carbonyl (C=O) groups excluding carboxylic acids is 7. The lowest BCUT2D eigenvalue weighted by Gasteiger charge is -2.36. The number of aryl methyl sites for hydroxylation is 2. The first kappa shape index (κ1) is 59.6. The second kappa shape index (κ2) is 25.9. The van der Waals surface area contributed by atoms with Gasteiger partial charge in [-0.05, 0) is 97.4 Å². The van der Waals surface area contributed by atoms with Gasteiger partial charge in [-0.15, -0.1) is 11.3 Å². The monoisotopic (exact) mass is 1130 g/mol. The number of benzene rings is 3. The quantitative estimate of drug-likeness (QED) is 0.0298. The second-order valence-electron chi connectivity index (χ2n) is 22.9. The number of thiazole rings is 1. The Hall–Kier alpha value is -7.52. The van der Waals surface area contributed by atoms with E-state index in [0.29, 0.717) is 36.2 Å². The number of fused-ring (bicyclic) bond motifs is 1. The highest BCUT2D eigenvalue weighted by Gasteiger charge is 2.53. The summed E-state index contributed by atoms with van der Waals surface area (Å²) in [6, 6.07) is 15.7. The normalized spacial score (nSPS) is 17.8. The van der Waals surface area contributed by atoms with Crippen LogP contribution in [0.5, 0.6) is 5.75 Å². The number of nitrogens with one attached hydrogen (secondary N) is 5. The Labute approximate surface area is 475 Å². The highest BCUT2D eigenvalue weighted by molar-refractivity contribution is 7.13. The van der Waals surface area contributed by atoms with Crippen LogP contribution in [0.4, 0.5) is 4.39 Å². The molecule has 21 heteroatoms. The molecule has 1 saturated carbocycles. The van der Waals surface area contributed by atoms with E-state index in [1.807, 2.05) is 43.3 Å². The Bertz CT molecular complexity index is 3110. The largest absolute Gasteiger partial charge is 0.507 e. The molecule has 2 aliphatic carbocycles. The van der Waals surface area contributed by atoms with E-state index in [1.54, 1.807) is 52.5 Å². The summed E-state index contributed by atoms with van der Waals surface area (Å²) in [6.45, 7) is 7.95. The zero-order valence-corrected chi connectivity index (χ0v) is 47.7. The molecule has 0 unspecified atom stereocenters. The molecule has 81 heavy (non-hydrogen) atoms. The highest BCUT2D eigenvalue weighted by Crippen LogP contribution is 2.41. The number of aliphatic hydroxyl groups is 1. The predicted molar refractivity (Wildman–Crippen MR) is 303 cm³/mol. The number of phenolic OH excluding ortho intramolecular Hbond substituents is 1. The number of aliphatic hydroxyl groups excluding tert-OH is 1. The van der Waals surface area contributed by atoms with Crippen molar-refractivity contribution in [2.24, 2.45) is 5.41 Å². The van der Waals surface area contributed by atoms with E-state index >= 15 is 0 Å². The van der Waals surface area contributed by atoms with Gasteiger partial charge in [0.15, 0.2) is 17.1 Å². The number of aromatic nitrogens is 2. The average Bonchev–Trinajstić information content (AvgIpc) is 4.19. The van der Waals surface area contributed by atoms with Gasteiger partial charge in [0.2, 0.25) is 17.7 Å². The SMILES string of the molecule is Cc1ncsc1-c1ccc([C@H](CC(=O)NCCCCCCCCCNC(=O)c2ccc3c(c2)[C@H](NC(=O)c2cc(-c4ccc(C(=O)N(C)C)c(O)c4)on2)CC3)NC(=O)[C@@H]2C[C@@H](O)CN2C(=O)[C@@H](NC(=O)C2(F)CC2)C(C)(C)C)cc1. The maximum Gasteiger partial charge on any atom is 0.273 e. The number of β-amino-alcohol motifs (C(OH)–C–C–N with tert-alkyl or cyclic N) is 1. The van der Waals surface area contributed by atoms with E-state index < -0.39 is 58.9 Å². The molecule has 432 valence electrons. The molecule has 3 heterocycles. The second-order valence-corrected chi connectivity index (χ2v) is 23.7. The smallest absolute Gasteiger partial charge is 0.273 e. The van der Waals surface area contributed by atoms with Crippen LogP contribution >= 0.6 is 11.3 Å². The Morgan fingerprint density at radius 3 is 2.19 bits per heavy atom. The molecular weight excluding hydrogens is 1060 g/mol. The lowest BCUT2D eigenvalue weighted by molar-refractivity contribution is -0.145. The van der Waals surface area contributed by atoms with Gasteiger partial charge in [-0.1, -0.05) is 94.4 Å². The van der Waals surface area contributed by atoms with Crippen LogP contribution < -0.4 is 26.6 Å². The maximum absolute atomic E-state index is 14.8. The molecule has 1 saturated heterocycles. The number of rotatable bonds is 24. The lowest BCUT2D eigenvalue weighted by Crippen LogP contribution is -2.59. The molecule has 5 aromatic rings. The molecule has 7 amide bonds. The Balaban J connectivity index is 0.754. The van der Waals surface area contributed by atoms with Crippen LogP contribution in [0.3, 0.4) is 0 Å². The third-order valence-corrected chi connectivity index (χ3v) is 16.3. The van der Waals surface area contributed by atoms with Crippen molar-refractivity contribution in [3.05, 3.63) is 111 Å². The number of halogens is 1. The summed E-state index contributed by atoms with van der Waals surface area (Å²) in [5.41, 5.74) is 4.47. The van der Waals surface area contributed by atoms with Crippen molar-refractivity contribution in [2.45, 2.75) is 147 Å². The van der Waals surface area contributed by atoms with Crippen LogP contribution in [0.2, 0.25) is 0 Å². The molecule has 0 bridgehead atoms. The number of phenols is 1. The minimum absolute atomic E-state index is 0.0516. The van der Waals surface area contributed by atoms with E-state index in [1.165, 1.54) is 39.3 Å². The molecule has 19 nitrogen and oxygen atoms in total. The van der Waals surface area contributed by atoms with Crippen LogP contribution in [0, 0.1) is 12.3 Å². The molecule has 0 radical (unpaired) electrons. The van der Waals surface area contributed by atoms with Gasteiger partial charge in [0.05, 0.1) is 46.3 Å². The number of hydrogen-bond donors (Lipinski definition) is 7. The Morgan fingerprint density at radius 2 is 1.54 bits per heavy atom.